The van der Waals surface area contributed by atoms with Crippen LogP contribution in [0.3, 0.4) is 0 Å². The van der Waals surface area contributed by atoms with E-state index >= 15 is 0 Å². The number of rotatable bonds is 6. The molecule has 4 amide bonds. The molecule has 0 radical (unpaired) electrons. The maximum Gasteiger partial charge on any atom is 0.336 e. The first-order chi connectivity index (χ1) is 16.7. The summed E-state index contributed by atoms with van der Waals surface area (Å²) in [6.07, 6.45) is 1.43. The fourth-order valence-electron chi connectivity index (χ4n) is 4.06. The van der Waals surface area contributed by atoms with E-state index in [2.05, 4.69) is 5.32 Å². The van der Waals surface area contributed by atoms with Gasteiger partial charge in [0.2, 0.25) is 0 Å². The van der Waals surface area contributed by atoms with Crippen LogP contribution in [0.25, 0.3) is 11.8 Å². The van der Waals surface area contributed by atoms with Gasteiger partial charge in [-0.05, 0) is 68.8 Å². The molecule has 1 aliphatic rings. The summed E-state index contributed by atoms with van der Waals surface area (Å²) in [4.78, 5) is 50.9. The second kappa shape index (κ2) is 9.30. The standard InChI is InChI=1S/C26H23N3O6/c1-4-35-22-11-6-5-10-21(22)29-24(31)20(23(30)27-26(29)34)14-18-12-15(2)28(16(18)3)19-9-7-8-17(13-19)25(32)33/h5-14H,4H2,1-3H3,(H,32,33)(H,27,30,34)/b20-14+. The summed E-state index contributed by atoms with van der Waals surface area (Å²) < 4.78 is 7.39. The minimum Gasteiger partial charge on any atom is -0.492 e. The number of urea groups is 1. The van der Waals surface area contributed by atoms with Crippen molar-refractivity contribution in [3.05, 3.63) is 82.7 Å². The quantitative estimate of drug-likeness (QED) is 0.415. The highest BCUT2D eigenvalue weighted by Gasteiger charge is 2.38. The fourth-order valence-corrected chi connectivity index (χ4v) is 4.06. The van der Waals surface area contributed by atoms with Gasteiger partial charge in [0.05, 0.1) is 17.9 Å². The predicted molar refractivity (Wildman–Crippen MR) is 129 cm³/mol. The number of amides is 4. The van der Waals surface area contributed by atoms with Gasteiger partial charge < -0.3 is 14.4 Å². The smallest absolute Gasteiger partial charge is 0.336 e. The van der Waals surface area contributed by atoms with Crippen molar-refractivity contribution in [2.24, 2.45) is 0 Å². The Morgan fingerprint density at radius 1 is 1.06 bits per heavy atom. The molecule has 3 aromatic rings. The molecule has 0 unspecified atom stereocenters. The third kappa shape index (κ3) is 4.31. The first kappa shape index (κ1) is 23.5. The van der Waals surface area contributed by atoms with Crippen LogP contribution in [0, 0.1) is 13.8 Å². The molecule has 0 spiro atoms. The lowest BCUT2D eigenvalue weighted by molar-refractivity contribution is -0.122. The average molecular weight is 473 g/mol. The second-order valence-corrected chi connectivity index (χ2v) is 7.88. The SMILES string of the molecule is CCOc1ccccc1N1C(=O)NC(=O)/C(=C\c2cc(C)n(-c3cccc(C(=O)O)c3)c2C)C1=O. The number of carboxylic acid groups (broad SMARTS) is 1. The van der Waals surface area contributed by atoms with Crippen LogP contribution in [-0.2, 0) is 9.59 Å². The molecule has 1 saturated heterocycles. The number of nitrogens with zero attached hydrogens (tertiary/aromatic N) is 2. The molecule has 0 aliphatic carbocycles. The molecule has 1 aromatic heterocycles. The summed E-state index contributed by atoms with van der Waals surface area (Å²) in [5.74, 6) is -2.28. The third-order valence-electron chi connectivity index (χ3n) is 5.63. The molecule has 2 N–H and O–H groups in total. The van der Waals surface area contributed by atoms with Crippen LogP contribution >= 0.6 is 0 Å². The molecule has 1 aliphatic heterocycles. The molecule has 9 heteroatoms. The third-order valence-corrected chi connectivity index (χ3v) is 5.63. The van der Waals surface area contributed by atoms with E-state index in [0.29, 0.717) is 29.3 Å². The molecular formula is C26H23N3O6. The van der Waals surface area contributed by atoms with Crippen molar-refractivity contribution in [3.8, 4) is 11.4 Å². The second-order valence-electron chi connectivity index (χ2n) is 7.88. The Morgan fingerprint density at radius 2 is 1.80 bits per heavy atom. The lowest BCUT2D eigenvalue weighted by Crippen LogP contribution is -2.54. The molecule has 1 fully saturated rings. The summed E-state index contributed by atoms with van der Waals surface area (Å²) in [5.41, 5.74) is 2.83. The number of aryl methyl sites for hydroxylation is 1. The monoisotopic (exact) mass is 473 g/mol. The molecule has 0 atom stereocenters. The highest BCUT2D eigenvalue weighted by molar-refractivity contribution is 6.39. The maximum absolute atomic E-state index is 13.3. The number of aromatic carboxylic acids is 1. The molecule has 2 heterocycles. The van der Waals surface area contributed by atoms with Crippen molar-refractivity contribution in [3.63, 3.8) is 0 Å². The van der Waals surface area contributed by atoms with E-state index in [4.69, 9.17) is 4.74 Å². The van der Waals surface area contributed by atoms with E-state index in [1.807, 2.05) is 11.5 Å². The maximum atomic E-state index is 13.3. The molecule has 2 aromatic carbocycles. The minimum absolute atomic E-state index is 0.138. The van der Waals surface area contributed by atoms with Gasteiger partial charge in [0.25, 0.3) is 11.8 Å². The first-order valence-electron chi connectivity index (χ1n) is 10.9. The van der Waals surface area contributed by atoms with Crippen LogP contribution in [0.15, 0.2) is 60.2 Å². The Labute approximate surface area is 201 Å². The lowest BCUT2D eigenvalue weighted by Gasteiger charge is -2.27. The predicted octanol–water partition coefficient (Wildman–Crippen LogP) is 3.86. The van der Waals surface area contributed by atoms with E-state index in [0.717, 1.165) is 10.6 Å². The van der Waals surface area contributed by atoms with Gasteiger partial charge in [-0.25, -0.2) is 14.5 Å². The van der Waals surface area contributed by atoms with E-state index in [-0.39, 0.29) is 16.8 Å². The average Bonchev–Trinajstić information content (AvgIpc) is 3.10. The molecule has 35 heavy (non-hydrogen) atoms. The van der Waals surface area contributed by atoms with E-state index in [1.165, 1.54) is 12.1 Å². The number of nitrogens with one attached hydrogen (secondary N) is 1. The largest absolute Gasteiger partial charge is 0.492 e. The van der Waals surface area contributed by atoms with Crippen molar-refractivity contribution in [2.75, 3.05) is 11.5 Å². The number of benzene rings is 2. The number of imide groups is 2. The zero-order valence-corrected chi connectivity index (χ0v) is 19.4. The van der Waals surface area contributed by atoms with Gasteiger partial charge in [-0.2, -0.15) is 0 Å². The molecule has 9 nitrogen and oxygen atoms in total. The molecule has 178 valence electrons. The van der Waals surface area contributed by atoms with Crippen molar-refractivity contribution in [1.29, 1.82) is 0 Å². The fraction of sp³-hybridized carbons (Fsp3) is 0.154. The molecule has 0 saturated carbocycles. The highest BCUT2D eigenvalue weighted by atomic mass is 16.5. The number of aromatic nitrogens is 1. The van der Waals surface area contributed by atoms with Crippen LogP contribution in [0.2, 0.25) is 0 Å². The summed E-state index contributed by atoms with van der Waals surface area (Å²) >= 11 is 0. The number of barbiturate groups is 1. The number of carbonyl (C=O) groups excluding carboxylic acids is 3. The van der Waals surface area contributed by atoms with Crippen molar-refractivity contribution < 1.29 is 29.0 Å². The van der Waals surface area contributed by atoms with Gasteiger partial charge in [-0.1, -0.05) is 18.2 Å². The van der Waals surface area contributed by atoms with Crippen molar-refractivity contribution in [1.82, 2.24) is 9.88 Å². The van der Waals surface area contributed by atoms with Crippen molar-refractivity contribution >= 4 is 35.6 Å². The Kier molecular flexibility index (Phi) is 6.24. The topological polar surface area (TPSA) is 118 Å². The molecule has 0 bridgehead atoms. The van der Waals surface area contributed by atoms with Gasteiger partial charge in [-0.3, -0.25) is 14.9 Å². The van der Waals surface area contributed by atoms with Crippen LogP contribution in [-0.4, -0.2) is 40.1 Å². The molecular weight excluding hydrogens is 450 g/mol. The number of para-hydroxylation sites is 2. The Balaban J connectivity index is 1.77. The summed E-state index contributed by atoms with van der Waals surface area (Å²) in [6.45, 7) is 5.74. The van der Waals surface area contributed by atoms with Gasteiger partial charge >= 0.3 is 12.0 Å². The Morgan fingerprint density at radius 3 is 2.51 bits per heavy atom. The van der Waals surface area contributed by atoms with Crippen molar-refractivity contribution in [2.45, 2.75) is 20.8 Å². The van der Waals surface area contributed by atoms with Crippen LogP contribution in [0.4, 0.5) is 10.5 Å². The van der Waals surface area contributed by atoms with Crippen LogP contribution in [0.5, 0.6) is 5.75 Å². The zero-order chi connectivity index (χ0) is 25.3. The van der Waals surface area contributed by atoms with E-state index in [9.17, 15) is 24.3 Å². The summed E-state index contributed by atoms with van der Waals surface area (Å²) in [5, 5.41) is 11.5. The number of hydrogen-bond donors (Lipinski definition) is 2. The number of anilines is 1. The Bertz CT molecular complexity index is 1400. The highest BCUT2D eigenvalue weighted by Crippen LogP contribution is 2.32. The lowest BCUT2D eigenvalue weighted by atomic mass is 10.1. The van der Waals surface area contributed by atoms with Gasteiger partial charge in [0.15, 0.2) is 0 Å². The number of hydrogen-bond acceptors (Lipinski definition) is 5. The summed E-state index contributed by atoms with van der Waals surface area (Å²) in [7, 11) is 0. The number of carboxylic acids is 1. The van der Waals surface area contributed by atoms with Gasteiger partial charge in [0, 0.05) is 17.1 Å². The van der Waals surface area contributed by atoms with Crippen LogP contribution < -0.4 is 15.0 Å². The normalized spacial score (nSPS) is 14.9. The van der Waals surface area contributed by atoms with E-state index < -0.39 is 23.8 Å². The van der Waals surface area contributed by atoms with Crippen LogP contribution in [0.1, 0.15) is 34.2 Å². The first-order valence-corrected chi connectivity index (χ1v) is 10.9. The Hall–Kier alpha value is -4.66. The van der Waals surface area contributed by atoms with Gasteiger partial charge in [0.1, 0.15) is 11.3 Å². The van der Waals surface area contributed by atoms with E-state index in [1.54, 1.807) is 62.4 Å². The van der Waals surface area contributed by atoms with Gasteiger partial charge in [-0.15, -0.1) is 0 Å². The minimum atomic E-state index is -1.04. The zero-order valence-electron chi connectivity index (χ0n) is 19.4. The molecule has 4 rings (SSSR count). The summed E-state index contributed by atoms with van der Waals surface area (Å²) in [6, 6.07) is 14.0. The number of ether oxygens (including phenoxy) is 1. The number of carbonyl (C=O) groups is 4.